The highest BCUT2D eigenvalue weighted by atomic mass is 16.5. The largest absolute Gasteiger partial charge is 0.493 e. The number of benzene rings is 1. The molecule has 2 aliphatic rings. The van der Waals surface area contributed by atoms with E-state index in [4.69, 9.17) is 19.3 Å². The molecule has 2 N–H and O–H groups in total. The Bertz CT molecular complexity index is 883. The van der Waals surface area contributed by atoms with E-state index in [1.807, 2.05) is 9.80 Å². The summed E-state index contributed by atoms with van der Waals surface area (Å²) in [6.07, 6.45) is 6.65. The van der Waals surface area contributed by atoms with Gasteiger partial charge in [-0.15, -0.1) is 0 Å². The Morgan fingerprint density at radius 2 is 1.82 bits per heavy atom. The molecule has 2 fully saturated rings. The number of amides is 2. The molecule has 214 valence electrons. The van der Waals surface area contributed by atoms with Gasteiger partial charge in [0.25, 0.3) is 5.91 Å². The first kappa shape index (κ1) is 30.2. The molecule has 1 aromatic carbocycles. The third-order valence-electron chi connectivity index (χ3n) is 7.41. The third-order valence-corrected chi connectivity index (χ3v) is 7.41. The number of aliphatic hydroxyl groups excluding tert-OH is 1. The van der Waals surface area contributed by atoms with Crippen LogP contribution >= 0.6 is 0 Å². The first-order valence-electron chi connectivity index (χ1n) is 14.2. The summed E-state index contributed by atoms with van der Waals surface area (Å²) in [7, 11) is 3.26. The van der Waals surface area contributed by atoms with Gasteiger partial charge >= 0.3 is 0 Å². The Morgan fingerprint density at radius 1 is 1.05 bits per heavy atom. The fraction of sp³-hybridized carbons (Fsp3) is 0.724. The van der Waals surface area contributed by atoms with E-state index in [9.17, 15) is 9.59 Å². The molecule has 0 bridgehead atoms. The Kier molecular flexibility index (Phi) is 12.1. The fourth-order valence-corrected chi connectivity index (χ4v) is 5.23. The summed E-state index contributed by atoms with van der Waals surface area (Å²) >= 11 is 0. The summed E-state index contributed by atoms with van der Waals surface area (Å²) in [6.45, 7) is 6.74. The minimum atomic E-state index is -0.0102. The molecule has 9 heteroatoms. The highest BCUT2D eigenvalue weighted by Crippen LogP contribution is 2.31. The minimum Gasteiger partial charge on any atom is -0.493 e. The van der Waals surface area contributed by atoms with Gasteiger partial charge in [-0.1, -0.05) is 0 Å². The maximum atomic E-state index is 13.7. The van der Waals surface area contributed by atoms with E-state index < -0.39 is 0 Å². The topological polar surface area (TPSA) is 101 Å². The number of nitrogens with one attached hydrogen (secondary N) is 1. The van der Waals surface area contributed by atoms with Crippen molar-refractivity contribution in [2.24, 2.45) is 0 Å². The summed E-state index contributed by atoms with van der Waals surface area (Å²) in [5, 5.41) is 12.7. The molecule has 1 heterocycles. The summed E-state index contributed by atoms with van der Waals surface area (Å²) in [5.41, 5.74) is 0.588. The molecule has 1 aromatic rings. The first-order chi connectivity index (χ1) is 18.4. The smallest absolute Gasteiger partial charge is 0.254 e. The monoisotopic (exact) mass is 533 g/mol. The molecular weight excluding hydrogens is 486 g/mol. The Hall–Kier alpha value is -2.36. The van der Waals surface area contributed by atoms with E-state index in [0.29, 0.717) is 55.2 Å². The number of nitrogens with zero attached hydrogens (tertiary/aromatic N) is 2. The van der Waals surface area contributed by atoms with Crippen molar-refractivity contribution in [2.75, 3.05) is 47.1 Å². The van der Waals surface area contributed by atoms with Crippen LogP contribution in [0.25, 0.3) is 0 Å². The molecule has 1 saturated carbocycles. The minimum absolute atomic E-state index is 0.0102. The lowest BCUT2D eigenvalue weighted by atomic mass is 9.95. The lowest BCUT2D eigenvalue weighted by molar-refractivity contribution is -0.132. The maximum Gasteiger partial charge on any atom is 0.254 e. The van der Waals surface area contributed by atoms with Gasteiger partial charge in [-0.2, -0.15) is 0 Å². The van der Waals surface area contributed by atoms with Crippen LogP contribution in [0.2, 0.25) is 0 Å². The molecule has 38 heavy (non-hydrogen) atoms. The van der Waals surface area contributed by atoms with Crippen molar-refractivity contribution in [1.29, 1.82) is 0 Å². The second-order valence-corrected chi connectivity index (χ2v) is 10.6. The Morgan fingerprint density at radius 3 is 2.42 bits per heavy atom. The molecule has 0 aromatic heterocycles. The number of hydrogen-bond acceptors (Lipinski definition) is 7. The van der Waals surface area contributed by atoms with Gasteiger partial charge in [0.15, 0.2) is 11.5 Å². The second-order valence-electron chi connectivity index (χ2n) is 10.6. The normalized spacial score (nSPS) is 19.3. The van der Waals surface area contributed by atoms with Crippen molar-refractivity contribution in [3.8, 4) is 11.5 Å². The fourth-order valence-electron chi connectivity index (χ4n) is 5.23. The van der Waals surface area contributed by atoms with E-state index in [1.54, 1.807) is 32.4 Å². The maximum absolute atomic E-state index is 13.7. The van der Waals surface area contributed by atoms with Crippen LogP contribution in [0.15, 0.2) is 18.2 Å². The van der Waals surface area contributed by atoms with Gasteiger partial charge < -0.3 is 34.4 Å². The molecule has 3 rings (SSSR count). The van der Waals surface area contributed by atoms with Crippen molar-refractivity contribution >= 4 is 11.8 Å². The molecule has 0 spiro atoms. The van der Waals surface area contributed by atoms with Crippen molar-refractivity contribution in [2.45, 2.75) is 89.4 Å². The van der Waals surface area contributed by atoms with Crippen LogP contribution in [-0.2, 0) is 9.53 Å². The number of piperidine rings is 1. The van der Waals surface area contributed by atoms with Crippen LogP contribution in [0.5, 0.6) is 11.5 Å². The zero-order valence-electron chi connectivity index (χ0n) is 23.6. The van der Waals surface area contributed by atoms with Crippen LogP contribution in [0, 0.1) is 0 Å². The molecule has 1 aliphatic heterocycles. The number of aliphatic hydroxyl groups is 1. The van der Waals surface area contributed by atoms with E-state index >= 15 is 0 Å². The predicted octanol–water partition coefficient (Wildman–Crippen LogP) is 3.24. The van der Waals surface area contributed by atoms with E-state index in [-0.39, 0.29) is 30.5 Å². The number of hydrogen-bond donors (Lipinski definition) is 2. The van der Waals surface area contributed by atoms with E-state index in [2.05, 4.69) is 19.2 Å². The van der Waals surface area contributed by atoms with Gasteiger partial charge in [0.05, 0.1) is 13.7 Å². The molecule has 1 aliphatic carbocycles. The van der Waals surface area contributed by atoms with E-state index in [1.165, 1.54) is 0 Å². The number of methoxy groups -OCH3 is 2. The van der Waals surface area contributed by atoms with Crippen molar-refractivity contribution in [3.63, 3.8) is 0 Å². The van der Waals surface area contributed by atoms with Crippen molar-refractivity contribution < 1.29 is 28.9 Å². The highest BCUT2D eigenvalue weighted by molar-refractivity contribution is 5.95. The highest BCUT2D eigenvalue weighted by Gasteiger charge is 2.34. The number of rotatable bonds is 16. The number of carbonyl (C=O) groups is 2. The molecule has 2 amide bonds. The standard InChI is InChI=1S/C29H47N3O6/c1-21(2)32(29(35)22-8-13-26(37-4)27(19-22)38-18-6-17-36-3)25-10-9-23(30-20-25)14-15-31(24-11-12-24)28(34)7-5-16-33/h8,13,19,21,23-25,30,33H,5-7,9-12,14-18,20H2,1-4H3/t23-,25-/m1/s1. The zero-order chi connectivity index (χ0) is 27.5. The molecule has 0 radical (unpaired) electrons. The molecule has 1 saturated heterocycles. The first-order valence-corrected chi connectivity index (χ1v) is 14.2. The van der Waals surface area contributed by atoms with Gasteiger partial charge in [0, 0.05) is 76.0 Å². The van der Waals surface area contributed by atoms with Crippen molar-refractivity contribution in [1.82, 2.24) is 15.1 Å². The van der Waals surface area contributed by atoms with Crippen molar-refractivity contribution in [3.05, 3.63) is 23.8 Å². The quantitative estimate of drug-likeness (QED) is 0.315. The van der Waals surface area contributed by atoms with Crippen LogP contribution in [0.4, 0.5) is 0 Å². The van der Waals surface area contributed by atoms with E-state index in [0.717, 1.165) is 51.6 Å². The lowest BCUT2D eigenvalue weighted by Crippen LogP contribution is -2.54. The Labute approximate surface area is 227 Å². The molecule has 0 unspecified atom stereocenters. The second kappa shape index (κ2) is 15.3. The summed E-state index contributed by atoms with van der Waals surface area (Å²) in [6, 6.07) is 6.23. The summed E-state index contributed by atoms with van der Waals surface area (Å²) in [5.74, 6) is 1.32. The van der Waals surface area contributed by atoms with Gasteiger partial charge in [-0.05, 0) is 70.6 Å². The number of ether oxygens (including phenoxy) is 3. The molecule has 9 nitrogen and oxygen atoms in total. The SMILES string of the molecule is COCCCOc1cc(C(=O)N(C(C)C)[C@@H]2CC[C@H](CCN(C(=O)CCCO)C3CC3)NC2)ccc1OC. The predicted molar refractivity (Wildman–Crippen MR) is 147 cm³/mol. The van der Waals surface area contributed by atoms with Gasteiger partial charge in [0.2, 0.25) is 5.91 Å². The van der Waals surface area contributed by atoms with Crippen LogP contribution in [0.3, 0.4) is 0 Å². The Balaban J connectivity index is 1.57. The third kappa shape index (κ3) is 8.58. The zero-order valence-corrected chi connectivity index (χ0v) is 23.6. The van der Waals surface area contributed by atoms with Gasteiger partial charge in [0.1, 0.15) is 0 Å². The summed E-state index contributed by atoms with van der Waals surface area (Å²) < 4.78 is 16.4. The molecule has 2 atom stereocenters. The average Bonchev–Trinajstić information content (AvgIpc) is 3.76. The summed E-state index contributed by atoms with van der Waals surface area (Å²) in [4.78, 5) is 30.2. The van der Waals surface area contributed by atoms with Gasteiger partial charge in [-0.25, -0.2) is 0 Å². The van der Waals surface area contributed by atoms with Crippen LogP contribution < -0.4 is 14.8 Å². The molecular formula is C29H47N3O6. The number of carbonyl (C=O) groups excluding carboxylic acids is 2. The lowest BCUT2D eigenvalue weighted by Gasteiger charge is -2.40. The van der Waals surface area contributed by atoms with Crippen LogP contribution in [-0.4, -0.2) is 98.0 Å². The van der Waals surface area contributed by atoms with Gasteiger partial charge in [-0.3, -0.25) is 9.59 Å². The van der Waals surface area contributed by atoms with Crippen LogP contribution in [0.1, 0.15) is 75.6 Å². The average molecular weight is 534 g/mol.